The molecule has 1 aromatic rings. The molecule has 1 aromatic carbocycles. The quantitative estimate of drug-likeness (QED) is 0.644. The molecular weight excluding hydrogens is 216 g/mol. The summed E-state index contributed by atoms with van der Waals surface area (Å²) >= 11 is 0. The average Bonchev–Trinajstić information content (AvgIpc) is 2.22. The van der Waals surface area contributed by atoms with Crippen molar-refractivity contribution in [3.8, 4) is 0 Å². The first kappa shape index (κ1) is 15.3. The van der Waals surface area contributed by atoms with Gasteiger partial charge in [0.2, 0.25) is 0 Å². The van der Waals surface area contributed by atoms with Gasteiger partial charge >= 0.3 is 0 Å². The third kappa shape index (κ3) is 6.83. The van der Waals surface area contributed by atoms with Crippen LogP contribution in [-0.2, 0) is 12.8 Å². The highest BCUT2D eigenvalue weighted by Gasteiger charge is 2.11. The van der Waals surface area contributed by atoms with Crippen molar-refractivity contribution in [1.82, 2.24) is 0 Å². The lowest BCUT2D eigenvalue weighted by atomic mass is 9.87. The molecule has 0 amide bonds. The first-order valence-corrected chi connectivity index (χ1v) is 7.24. The molecule has 1 rings (SSSR count). The summed E-state index contributed by atoms with van der Waals surface area (Å²) in [5, 5.41) is 0. The minimum absolute atomic E-state index is 0.432. The number of hydrogen-bond acceptors (Lipinski definition) is 0. The van der Waals surface area contributed by atoms with Crippen molar-refractivity contribution in [2.75, 3.05) is 0 Å². The highest BCUT2D eigenvalue weighted by Crippen LogP contribution is 2.24. The van der Waals surface area contributed by atoms with Gasteiger partial charge in [-0.05, 0) is 47.6 Å². The highest BCUT2D eigenvalue weighted by atomic mass is 14.2. The van der Waals surface area contributed by atoms with E-state index in [1.807, 2.05) is 0 Å². The largest absolute Gasteiger partial charge is 0.0617 e. The fourth-order valence-electron chi connectivity index (χ4n) is 1.98. The standard InChI is InChI=1S/C18H30/c1-17(2,3)12-10-15-8-7-9-16(14-15)11-13-18(4,5)6/h7-9,14H,10-13H2,1-6H3. The van der Waals surface area contributed by atoms with Crippen molar-refractivity contribution in [3.63, 3.8) is 0 Å². The van der Waals surface area contributed by atoms with Gasteiger partial charge in [-0.2, -0.15) is 0 Å². The molecule has 0 atom stereocenters. The van der Waals surface area contributed by atoms with E-state index in [1.54, 1.807) is 0 Å². The molecule has 0 aliphatic rings. The zero-order chi connectivity index (χ0) is 13.8. The molecule has 102 valence electrons. The molecule has 18 heavy (non-hydrogen) atoms. The minimum atomic E-state index is 0.432. The van der Waals surface area contributed by atoms with Gasteiger partial charge in [-0.25, -0.2) is 0 Å². The van der Waals surface area contributed by atoms with Crippen LogP contribution < -0.4 is 0 Å². The summed E-state index contributed by atoms with van der Waals surface area (Å²) in [5.41, 5.74) is 3.86. The molecular formula is C18H30. The molecule has 0 saturated carbocycles. The van der Waals surface area contributed by atoms with Crippen LogP contribution in [0.2, 0.25) is 0 Å². The van der Waals surface area contributed by atoms with Crippen LogP contribution >= 0.6 is 0 Å². The second-order valence-electron chi connectivity index (χ2n) is 7.94. The molecule has 0 spiro atoms. The third-order valence-corrected chi connectivity index (χ3v) is 3.32. The maximum absolute atomic E-state index is 2.40. The van der Waals surface area contributed by atoms with Crippen LogP contribution in [0.5, 0.6) is 0 Å². The van der Waals surface area contributed by atoms with Gasteiger partial charge < -0.3 is 0 Å². The molecule has 0 aromatic heterocycles. The van der Waals surface area contributed by atoms with Gasteiger partial charge in [-0.1, -0.05) is 65.8 Å². The summed E-state index contributed by atoms with van der Waals surface area (Å²) in [6.45, 7) is 13.9. The van der Waals surface area contributed by atoms with Crippen molar-refractivity contribution in [1.29, 1.82) is 0 Å². The van der Waals surface area contributed by atoms with Crippen LogP contribution in [0.3, 0.4) is 0 Å². The van der Waals surface area contributed by atoms with E-state index < -0.39 is 0 Å². The average molecular weight is 246 g/mol. The summed E-state index contributed by atoms with van der Waals surface area (Å²) in [6, 6.07) is 9.16. The van der Waals surface area contributed by atoms with Crippen molar-refractivity contribution >= 4 is 0 Å². The summed E-state index contributed by atoms with van der Waals surface area (Å²) in [6.07, 6.45) is 4.92. The molecule has 0 radical (unpaired) electrons. The Labute approximate surface area is 114 Å². The van der Waals surface area contributed by atoms with E-state index in [2.05, 4.69) is 65.8 Å². The second kappa shape index (κ2) is 5.91. The van der Waals surface area contributed by atoms with Crippen molar-refractivity contribution in [2.24, 2.45) is 10.8 Å². The predicted octanol–water partition coefficient (Wildman–Crippen LogP) is 5.64. The van der Waals surface area contributed by atoms with E-state index >= 15 is 0 Å². The molecule has 0 nitrogen and oxygen atoms in total. The van der Waals surface area contributed by atoms with Crippen molar-refractivity contribution in [3.05, 3.63) is 35.4 Å². The Balaban J connectivity index is 2.57. The van der Waals surface area contributed by atoms with Gasteiger partial charge in [0.15, 0.2) is 0 Å². The lowest BCUT2D eigenvalue weighted by Gasteiger charge is -2.19. The maximum Gasteiger partial charge on any atom is -0.0274 e. The highest BCUT2D eigenvalue weighted by molar-refractivity contribution is 5.24. The number of hydrogen-bond donors (Lipinski definition) is 0. The maximum atomic E-state index is 2.40. The van der Waals surface area contributed by atoms with E-state index in [4.69, 9.17) is 0 Å². The van der Waals surface area contributed by atoms with Gasteiger partial charge in [0.1, 0.15) is 0 Å². The van der Waals surface area contributed by atoms with Gasteiger partial charge in [0.05, 0.1) is 0 Å². The van der Waals surface area contributed by atoms with E-state index in [1.165, 1.54) is 36.8 Å². The van der Waals surface area contributed by atoms with Crippen LogP contribution in [-0.4, -0.2) is 0 Å². The second-order valence-corrected chi connectivity index (χ2v) is 7.94. The van der Waals surface area contributed by atoms with Gasteiger partial charge in [0.25, 0.3) is 0 Å². The summed E-state index contributed by atoms with van der Waals surface area (Å²) in [7, 11) is 0. The molecule has 0 N–H and O–H groups in total. The van der Waals surface area contributed by atoms with Crippen molar-refractivity contribution < 1.29 is 0 Å². The van der Waals surface area contributed by atoms with E-state index in [0.717, 1.165) is 0 Å². The third-order valence-electron chi connectivity index (χ3n) is 3.32. The smallest absolute Gasteiger partial charge is 0.0274 e. The Morgan fingerprint density at radius 1 is 0.722 bits per heavy atom. The van der Waals surface area contributed by atoms with Crippen LogP contribution in [0.15, 0.2) is 24.3 Å². The predicted molar refractivity (Wildman–Crippen MR) is 82.0 cm³/mol. The minimum Gasteiger partial charge on any atom is -0.0617 e. The molecule has 0 bridgehead atoms. The van der Waals surface area contributed by atoms with E-state index in [-0.39, 0.29) is 0 Å². The molecule has 0 saturated heterocycles. The molecule has 0 heterocycles. The van der Waals surface area contributed by atoms with E-state index in [9.17, 15) is 0 Å². The van der Waals surface area contributed by atoms with Gasteiger partial charge in [-0.15, -0.1) is 0 Å². The van der Waals surface area contributed by atoms with Crippen LogP contribution in [0, 0.1) is 10.8 Å². The Kier molecular flexibility index (Phi) is 5.01. The molecule has 0 fully saturated rings. The number of rotatable bonds is 4. The summed E-state index contributed by atoms with van der Waals surface area (Å²) < 4.78 is 0. The Bertz CT molecular complexity index is 327. The fraction of sp³-hybridized carbons (Fsp3) is 0.667. The topological polar surface area (TPSA) is 0 Å². The SMILES string of the molecule is CC(C)(C)CCc1cccc(CCC(C)(C)C)c1. The van der Waals surface area contributed by atoms with Crippen LogP contribution in [0.25, 0.3) is 0 Å². The van der Waals surface area contributed by atoms with E-state index in [0.29, 0.717) is 10.8 Å². The van der Waals surface area contributed by atoms with Gasteiger partial charge in [0, 0.05) is 0 Å². The molecule has 0 aliphatic heterocycles. The Hall–Kier alpha value is -0.780. The summed E-state index contributed by atoms with van der Waals surface area (Å²) in [4.78, 5) is 0. The first-order valence-electron chi connectivity index (χ1n) is 7.24. The van der Waals surface area contributed by atoms with Crippen LogP contribution in [0.1, 0.15) is 65.5 Å². The first-order chi connectivity index (χ1) is 8.16. The summed E-state index contributed by atoms with van der Waals surface area (Å²) in [5.74, 6) is 0. The number of aryl methyl sites for hydroxylation is 2. The monoisotopic (exact) mass is 246 g/mol. The van der Waals surface area contributed by atoms with Crippen molar-refractivity contribution in [2.45, 2.75) is 67.2 Å². The van der Waals surface area contributed by atoms with Crippen LogP contribution in [0.4, 0.5) is 0 Å². The zero-order valence-electron chi connectivity index (χ0n) is 13.1. The fourth-order valence-corrected chi connectivity index (χ4v) is 1.98. The Morgan fingerprint density at radius 3 is 1.44 bits per heavy atom. The lowest BCUT2D eigenvalue weighted by molar-refractivity contribution is 0.376. The molecule has 0 unspecified atom stereocenters. The lowest BCUT2D eigenvalue weighted by Crippen LogP contribution is -2.07. The molecule has 0 aliphatic carbocycles. The Morgan fingerprint density at radius 2 is 1.11 bits per heavy atom. The zero-order valence-corrected chi connectivity index (χ0v) is 13.1. The normalized spacial score (nSPS) is 12.8. The molecule has 0 heteroatoms. The number of benzene rings is 1. The van der Waals surface area contributed by atoms with Gasteiger partial charge in [-0.3, -0.25) is 0 Å².